The summed E-state index contributed by atoms with van der Waals surface area (Å²) in [6, 6.07) is 11.7. The lowest BCUT2D eigenvalue weighted by Crippen LogP contribution is -2.11. The Bertz CT molecular complexity index is 581. The molecular weight excluding hydrogens is 310 g/mol. The predicted octanol–water partition coefficient (Wildman–Crippen LogP) is 3.59. The Hall–Kier alpha value is -1.33. The van der Waals surface area contributed by atoms with Crippen LogP contribution in [0.15, 0.2) is 50.8 Å². The summed E-state index contributed by atoms with van der Waals surface area (Å²) in [6.07, 6.45) is 0. The number of hydrogen-bond acceptors (Lipinski definition) is 3. The van der Waals surface area contributed by atoms with Crippen molar-refractivity contribution in [2.75, 3.05) is 0 Å². The minimum Gasteiger partial charge on any atom is -0.384 e. The van der Waals surface area contributed by atoms with Crippen LogP contribution in [0.5, 0.6) is 0 Å². The molecule has 0 bridgehead atoms. The predicted molar refractivity (Wildman–Crippen MR) is 78.3 cm³/mol. The highest BCUT2D eigenvalue weighted by Gasteiger charge is 2.04. The van der Waals surface area contributed by atoms with Gasteiger partial charge in [-0.15, -0.1) is 0 Å². The minimum atomic E-state index is 0.0677. The first-order valence-corrected chi connectivity index (χ1v) is 6.92. The number of aryl methyl sites for hydroxylation is 1. The van der Waals surface area contributed by atoms with E-state index >= 15 is 0 Å². The molecule has 3 nitrogen and oxygen atoms in total. The van der Waals surface area contributed by atoms with E-state index in [0.29, 0.717) is 5.56 Å². The number of nitrogens with zero attached hydrogens (tertiary/aromatic N) is 1. The van der Waals surface area contributed by atoms with E-state index in [4.69, 9.17) is 11.1 Å². The molecule has 1 heterocycles. The lowest BCUT2D eigenvalue weighted by molar-refractivity contribution is 1.06. The Morgan fingerprint density at radius 3 is 2.56 bits per heavy atom. The smallest absolute Gasteiger partial charge is 0.122 e. The third kappa shape index (κ3) is 3.34. The minimum absolute atomic E-state index is 0.0677. The first-order valence-electron chi connectivity index (χ1n) is 5.31. The van der Waals surface area contributed by atoms with E-state index in [-0.39, 0.29) is 5.84 Å². The van der Waals surface area contributed by atoms with Gasteiger partial charge in [-0.1, -0.05) is 27.7 Å². The van der Waals surface area contributed by atoms with Crippen LogP contribution >= 0.6 is 27.7 Å². The summed E-state index contributed by atoms with van der Waals surface area (Å²) >= 11 is 4.96. The molecule has 0 unspecified atom stereocenters. The van der Waals surface area contributed by atoms with Gasteiger partial charge in [-0.05, 0) is 43.3 Å². The van der Waals surface area contributed by atoms with Crippen LogP contribution in [0.1, 0.15) is 11.3 Å². The molecule has 5 heteroatoms. The van der Waals surface area contributed by atoms with Gasteiger partial charge in [0.15, 0.2) is 0 Å². The van der Waals surface area contributed by atoms with Crippen molar-refractivity contribution in [2.24, 2.45) is 5.73 Å². The van der Waals surface area contributed by atoms with Crippen molar-refractivity contribution in [1.29, 1.82) is 5.41 Å². The average molecular weight is 322 g/mol. The molecule has 0 saturated carbocycles. The van der Waals surface area contributed by atoms with Crippen LogP contribution in [0.25, 0.3) is 0 Å². The van der Waals surface area contributed by atoms with Crippen LogP contribution in [0.2, 0.25) is 0 Å². The summed E-state index contributed by atoms with van der Waals surface area (Å²) in [5, 5.41) is 8.32. The molecule has 1 aromatic carbocycles. The second-order valence-corrected chi connectivity index (χ2v) is 5.81. The second-order valence-electron chi connectivity index (χ2n) is 3.81. The number of nitrogen functional groups attached to an aromatic ring is 1. The molecule has 2 aromatic rings. The van der Waals surface area contributed by atoms with Crippen molar-refractivity contribution in [3.05, 3.63) is 52.1 Å². The second kappa shape index (κ2) is 5.54. The maximum absolute atomic E-state index is 7.47. The number of nitrogens with two attached hydrogens (primary N) is 1. The number of aromatic nitrogens is 1. The Labute approximate surface area is 118 Å². The molecule has 0 fully saturated rings. The fraction of sp³-hybridized carbons (Fsp3) is 0.0769. The molecule has 0 aliphatic heterocycles. The van der Waals surface area contributed by atoms with Gasteiger partial charge in [0.05, 0.1) is 0 Å². The fourth-order valence-corrected chi connectivity index (χ4v) is 2.62. The Kier molecular flexibility index (Phi) is 4.04. The van der Waals surface area contributed by atoms with Crippen molar-refractivity contribution < 1.29 is 0 Å². The van der Waals surface area contributed by atoms with Gasteiger partial charge in [0.2, 0.25) is 0 Å². The molecule has 0 radical (unpaired) electrons. The van der Waals surface area contributed by atoms with Crippen molar-refractivity contribution in [3.8, 4) is 0 Å². The molecule has 0 aliphatic carbocycles. The van der Waals surface area contributed by atoms with Gasteiger partial charge in [-0.25, -0.2) is 4.98 Å². The van der Waals surface area contributed by atoms with Crippen LogP contribution in [0, 0.1) is 12.3 Å². The zero-order chi connectivity index (χ0) is 13.1. The molecule has 18 heavy (non-hydrogen) atoms. The number of pyridine rings is 1. The summed E-state index contributed by atoms with van der Waals surface area (Å²) in [6.45, 7) is 1.90. The molecule has 0 aliphatic rings. The fourth-order valence-electron chi connectivity index (χ4n) is 1.47. The van der Waals surface area contributed by atoms with E-state index in [2.05, 4.69) is 20.9 Å². The zero-order valence-electron chi connectivity index (χ0n) is 9.77. The van der Waals surface area contributed by atoms with E-state index in [0.717, 1.165) is 20.1 Å². The van der Waals surface area contributed by atoms with E-state index in [1.165, 1.54) is 0 Å². The third-order valence-corrected chi connectivity index (χ3v) is 3.73. The third-order valence-electron chi connectivity index (χ3n) is 2.28. The van der Waals surface area contributed by atoms with Crippen LogP contribution in [0.3, 0.4) is 0 Å². The van der Waals surface area contributed by atoms with Crippen molar-refractivity contribution in [3.63, 3.8) is 0 Å². The molecule has 0 amide bonds. The standard InChI is InChI=1S/C13H12BrN3S/c1-8-6-9(13(15)16)7-12(17-8)18-11-4-2-10(14)3-5-11/h2-7H,1H3,(H3,15,16). The lowest BCUT2D eigenvalue weighted by Gasteiger charge is -2.05. The molecule has 1 aromatic heterocycles. The van der Waals surface area contributed by atoms with E-state index in [9.17, 15) is 0 Å². The van der Waals surface area contributed by atoms with Crippen molar-refractivity contribution in [2.45, 2.75) is 16.8 Å². The van der Waals surface area contributed by atoms with Gasteiger partial charge in [-0.2, -0.15) is 0 Å². The van der Waals surface area contributed by atoms with Crippen LogP contribution in [-0.4, -0.2) is 10.8 Å². The van der Waals surface area contributed by atoms with Gasteiger partial charge in [-0.3, -0.25) is 5.41 Å². The number of rotatable bonds is 3. The SMILES string of the molecule is Cc1cc(C(=N)N)cc(Sc2ccc(Br)cc2)n1. The van der Waals surface area contributed by atoms with Gasteiger partial charge in [0.1, 0.15) is 10.9 Å². The van der Waals surface area contributed by atoms with Crippen molar-refractivity contribution in [1.82, 2.24) is 4.98 Å². The summed E-state index contributed by atoms with van der Waals surface area (Å²) in [7, 11) is 0. The summed E-state index contributed by atoms with van der Waals surface area (Å²) in [4.78, 5) is 5.54. The average Bonchev–Trinajstić information content (AvgIpc) is 2.31. The largest absolute Gasteiger partial charge is 0.384 e. The van der Waals surface area contributed by atoms with Crippen LogP contribution < -0.4 is 5.73 Å². The highest BCUT2D eigenvalue weighted by atomic mass is 79.9. The van der Waals surface area contributed by atoms with Crippen LogP contribution in [0.4, 0.5) is 0 Å². The quantitative estimate of drug-likeness (QED) is 0.670. The topological polar surface area (TPSA) is 62.8 Å². The number of halogens is 1. The number of nitrogens with one attached hydrogen (secondary N) is 1. The van der Waals surface area contributed by atoms with Gasteiger partial charge in [0, 0.05) is 20.6 Å². The summed E-state index contributed by atoms with van der Waals surface area (Å²) in [5.41, 5.74) is 7.08. The molecule has 0 atom stereocenters. The Balaban J connectivity index is 2.28. The summed E-state index contributed by atoms with van der Waals surface area (Å²) < 4.78 is 1.05. The normalized spacial score (nSPS) is 10.3. The van der Waals surface area contributed by atoms with E-state index in [1.807, 2.05) is 43.3 Å². The molecular formula is C13H12BrN3S. The molecule has 92 valence electrons. The molecule has 3 N–H and O–H groups in total. The van der Waals surface area contributed by atoms with E-state index < -0.39 is 0 Å². The Morgan fingerprint density at radius 1 is 1.28 bits per heavy atom. The zero-order valence-corrected chi connectivity index (χ0v) is 12.2. The maximum Gasteiger partial charge on any atom is 0.122 e. The number of amidine groups is 1. The first-order chi connectivity index (χ1) is 8.54. The molecule has 0 saturated heterocycles. The van der Waals surface area contributed by atoms with Gasteiger partial charge >= 0.3 is 0 Å². The highest BCUT2D eigenvalue weighted by molar-refractivity contribution is 9.10. The van der Waals surface area contributed by atoms with Gasteiger partial charge < -0.3 is 5.73 Å². The molecule has 2 rings (SSSR count). The molecule has 0 spiro atoms. The lowest BCUT2D eigenvalue weighted by atomic mass is 10.2. The summed E-state index contributed by atoms with van der Waals surface area (Å²) in [5.74, 6) is 0.0677. The van der Waals surface area contributed by atoms with Gasteiger partial charge in [0.25, 0.3) is 0 Å². The monoisotopic (exact) mass is 321 g/mol. The Morgan fingerprint density at radius 2 is 1.94 bits per heavy atom. The van der Waals surface area contributed by atoms with E-state index in [1.54, 1.807) is 11.8 Å². The number of benzene rings is 1. The van der Waals surface area contributed by atoms with Crippen LogP contribution in [-0.2, 0) is 0 Å². The first kappa shape index (κ1) is 13.1. The highest BCUT2D eigenvalue weighted by Crippen LogP contribution is 2.28. The maximum atomic E-state index is 7.47. The van der Waals surface area contributed by atoms with Crippen molar-refractivity contribution >= 4 is 33.5 Å². The number of hydrogen-bond donors (Lipinski definition) is 2.